The van der Waals surface area contributed by atoms with Crippen molar-refractivity contribution >= 4 is 0 Å². The molecule has 0 aliphatic carbocycles. The molecule has 1 fully saturated rings. The smallest absolute Gasteiger partial charge is 0.131 e. The van der Waals surface area contributed by atoms with E-state index in [1.807, 2.05) is 6.92 Å². The molecule has 1 heterocycles. The second kappa shape index (κ2) is 5.10. The second-order valence-electron chi connectivity index (χ2n) is 4.35. The molecule has 3 unspecified atom stereocenters. The predicted molar refractivity (Wildman–Crippen MR) is 59.5 cm³/mol. The Kier molecular flexibility index (Phi) is 3.74. The Labute approximate surface area is 99.2 Å². The summed E-state index contributed by atoms with van der Waals surface area (Å²) in [4.78, 5) is 0. The molecule has 0 aromatic heterocycles. The zero-order chi connectivity index (χ0) is 12.4. The van der Waals surface area contributed by atoms with Gasteiger partial charge in [-0.15, -0.1) is 0 Å². The summed E-state index contributed by atoms with van der Waals surface area (Å²) >= 11 is 0. The molecule has 4 heteroatoms. The van der Waals surface area contributed by atoms with Crippen molar-refractivity contribution in [2.24, 2.45) is 5.92 Å². The van der Waals surface area contributed by atoms with Gasteiger partial charge in [0, 0.05) is 12.5 Å². The molecular weight excluding hydrogens is 226 g/mol. The van der Waals surface area contributed by atoms with E-state index < -0.39 is 17.7 Å². The van der Waals surface area contributed by atoms with E-state index in [4.69, 9.17) is 4.74 Å². The first-order valence-electron chi connectivity index (χ1n) is 5.88. The quantitative estimate of drug-likeness (QED) is 0.883. The van der Waals surface area contributed by atoms with E-state index in [0.29, 0.717) is 13.0 Å². The molecule has 1 aliphatic heterocycles. The van der Waals surface area contributed by atoms with Gasteiger partial charge in [0.2, 0.25) is 0 Å². The highest BCUT2D eigenvalue weighted by atomic mass is 19.1. The van der Waals surface area contributed by atoms with Crippen LogP contribution in [0.25, 0.3) is 0 Å². The summed E-state index contributed by atoms with van der Waals surface area (Å²) in [6.07, 6.45) is 0.110. The maximum atomic E-state index is 13.5. The highest BCUT2D eigenvalue weighted by molar-refractivity contribution is 5.23. The van der Waals surface area contributed by atoms with Crippen LogP contribution in [0.4, 0.5) is 8.78 Å². The molecule has 0 saturated carbocycles. The first kappa shape index (κ1) is 12.5. The van der Waals surface area contributed by atoms with Crippen molar-refractivity contribution in [2.75, 3.05) is 6.61 Å². The summed E-state index contributed by atoms with van der Waals surface area (Å²) in [6, 6.07) is 3.63. The molecule has 1 aromatic carbocycles. The molecule has 3 atom stereocenters. The average molecular weight is 242 g/mol. The topological polar surface area (TPSA) is 29.5 Å². The van der Waals surface area contributed by atoms with Crippen molar-refractivity contribution in [1.29, 1.82) is 0 Å². The molecular formula is C13H16F2O2. The molecule has 0 spiro atoms. The highest BCUT2D eigenvalue weighted by Crippen LogP contribution is 2.36. The molecule has 0 bridgehead atoms. The molecule has 0 amide bonds. The van der Waals surface area contributed by atoms with Crippen molar-refractivity contribution in [3.63, 3.8) is 0 Å². The standard InChI is InChI=1S/C13H16F2O2/c1-2-11-8(6-7-17-11)13(16)12-9(14)4-3-5-10(12)15/h3-5,8,11,13,16H,2,6-7H2,1H3. The monoisotopic (exact) mass is 242 g/mol. The Morgan fingerprint density at radius 3 is 2.65 bits per heavy atom. The molecule has 2 rings (SSSR count). The number of aliphatic hydroxyl groups excluding tert-OH is 1. The summed E-state index contributed by atoms with van der Waals surface area (Å²) in [5.74, 6) is -1.62. The minimum absolute atomic E-state index is 0.121. The number of hydrogen-bond acceptors (Lipinski definition) is 2. The van der Waals surface area contributed by atoms with Crippen LogP contribution in [-0.2, 0) is 4.74 Å². The van der Waals surface area contributed by atoms with E-state index in [1.54, 1.807) is 0 Å². The number of hydrogen-bond donors (Lipinski definition) is 1. The number of aliphatic hydroxyl groups is 1. The van der Waals surface area contributed by atoms with Gasteiger partial charge in [0.25, 0.3) is 0 Å². The maximum absolute atomic E-state index is 13.5. The van der Waals surface area contributed by atoms with Crippen molar-refractivity contribution in [2.45, 2.75) is 32.0 Å². The van der Waals surface area contributed by atoms with Crippen LogP contribution in [0.5, 0.6) is 0 Å². The first-order valence-corrected chi connectivity index (χ1v) is 5.88. The van der Waals surface area contributed by atoms with E-state index in [0.717, 1.165) is 6.42 Å². The lowest BCUT2D eigenvalue weighted by molar-refractivity contribution is 0.0277. The minimum atomic E-state index is -1.14. The fraction of sp³-hybridized carbons (Fsp3) is 0.538. The van der Waals surface area contributed by atoms with E-state index in [1.165, 1.54) is 18.2 Å². The van der Waals surface area contributed by atoms with Crippen LogP contribution in [0.3, 0.4) is 0 Å². The lowest BCUT2D eigenvalue weighted by Crippen LogP contribution is -2.23. The normalized spacial score (nSPS) is 26.1. The maximum Gasteiger partial charge on any atom is 0.131 e. The van der Waals surface area contributed by atoms with Gasteiger partial charge < -0.3 is 9.84 Å². The summed E-state index contributed by atoms with van der Waals surface area (Å²) in [5, 5.41) is 10.1. The van der Waals surface area contributed by atoms with Gasteiger partial charge in [0.15, 0.2) is 0 Å². The zero-order valence-corrected chi connectivity index (χ0v) is 9.70. The molecule has 17 heavy (non-hydrogen) atoms. The minimum Gasteiger partial charge on any atom is -0.388 e. The van der Waals surface area contributed by atoms with Crippen LogP contribution in [0, 0.1) is 17.6 Å². The van der Waals surface area contributed by atoms with Crippen LogP contribution in [-0.4, -0.2) is 17.8 Å². The third-order valence-corrected chi connectivity index (χ3v) is 3.36. The molecule has 1 N–H and O–H groups in total. The fourth-order valence-corrected chi connectivity index (χ4v) is 2.45. The average Bonchev–Trinajstić information content (AvgIpc) is 2.76. The third-order valence-electron chi connectivity index (χ3n) is 3.36. The van der Waals surface area contributed by atoms with Crippen LogP contribution in [0.1, 0.15) is 31.4 Å². The molecule has 1 saturated heterocycles. The van der Waals surface area contributed by atoms with Gasteiger partial charge in [0.05, 0.1) is 17.8 Å². The number of halogens is 2. The van der Waals surface area contributed by atoms with Crippen LogP contribution in [0.15, 0.2) is 18.2 Å². The number of benzene rings is 1. The molecule has 1 aliphatic rings. The zero-order valence-electron chi connectivity index (χ0n) is 9.70. The Balaban J connectivity index is 2.27. The summed E-state index contributed by atoms with van der Waals surface area (Å²) in [6.45, 7) is 2.48. The van der Waals surface area contributed by atoms with Gasteiger partial charge in [-0.1, -0.05) is 13.0 Å². The van der Waals surface area contributed by atoms with Gasteiger partial charge in [-0.3, -0.25) is 0 Å². The fourth-order valence-electron chi connectivity index (χ4n) is 2.45. The number of rotatable bonds is 3. The first-order chi connectivity index (χ1) is 8.15. The van der Waals surface area contributed by atoms with Crippen molar-refractivity contribution in [1.82, 2.24) is 0 Å². The molecule has 94 valence electrons. The van der Waals surface area contributed by atoms with E-state index in [-0.39, 0.29) is 17.6 Å². The Bertz CT molecular complexity index is 375. The number of ether oxygens (including phenoxy) is 1. The SMILES string of the molecule is CCC1OCCC1C(O)c1c(F)cccc1F. The van der Waals surface area contributed by atoms with Crippen molar-refractivity contribution in [3.8, 4) is 0 Å². The second-order valence-corrected chi connectivity index (χ2v) is 4.35. The van der Waals surface area contributed by atoms with Gasteiger partial charge in [-0.25, -0.2) is 8.78 Å². The van der Waals surface area contributed by atoms with Gasteiger partial charge >= 0.3 is 0 Å². The van der Waals surface area contributed by atoms with E-state index in [2.05, 4.69) is 0 Å². The van der Waals surface area contributed by atoms with Crippen LogP contribution >= 0.6 is 0 Å². The van der Waals surface area contributed by atoms with Crippen LogP contribution < -0.4 is 0 Å². The highest BCUT2D eigenvalue weighted by Gasteiger charge is 2.35. The van der Waals surface area contributed by atoms with Crippen molar-refractivity contribution in [3.05, 3.63) is 35.4 Å². The van der Waals surface area contributed by atoms with E-state index in [9.17, 15) is 13.9 Å². The lowest BCUT2D eigenvalue weighted by atomic mass is 9.88. The lowest BCUT2D eigenvalue weighted by Gasteiger charge is -2.23. The van der Waals surface area contributed by atoms with Crippen LogP contribution in [0.2, 0.25) is 0 Å². The van der Waals surface area contributed by atoms with Gasteiger partial charge in [0.1, 0.15) is 11.6 Å². The largest absolute Gasteiger partial charge is 0.388 e. The third kappa shape index (κ3) is 2.33. The summed E-state index contributed by atoms with van der Waals surface area (Å²) in [7, 11) is 0. The summed E-state index contributed by atoms with van der Waals surface area (Å²) in [5.41, 5.74) is -0.235. The molecule has 1 aromatic rings. The predicted octanol–water partition coefficient (Wildman–Crippen LogP) is 2.81. The van der Waals surface area contributed by atoms with E-state index >= 15 is 0 Å². The molecule has 2 nitrogen and oxygen atoms in total. The van der Waals surface area contributed by atoms with Gasteiger partial charge in [-0.2, -0.15) is 0 Å². The molecule has 0 radical (unpaired) electrons. The van der Waals surface area contributed by atoms with Gasteiger partial charge in [-0.05, 0) is 25.0 Å². The Morgan fingerprint density at radius 2 is 2.06 bits per heavy atom. The Morgan fingerprint density at radius 1 is 1.41 bits per heavy atom. The van der Waals surface area contributed by atoms with Crippen molar-refractivity contribution < 1.29 is 18.6 Å². The Hall–Kier alpha value is -1.00. The summed E-state index contributed by atoms with van der Waals surface area (Å²) < 4.78 is 32.5.